The van der Waals surface area contributed by atoms with Gasteiger partial charge in [0, 0.05) is 10.6 Å². The van der Waals surface area contributed by atoms with Gasteiger partial charge in [0.05, 0.1) is 0 Å². The van der Waals surface area contributed by atoms with Crippen LogP contribution in [-0.2, 0) is 0 Å². The van der Waals surface area contributed by atoms with Gasteiger partial charge in [-0.3, -0.25) is 0 Å². The molecule has 2 rings (SSSR count). The summed E-state index contributed by atoms with van der Waals surface area (Å²) in [4.78, 5) is 1.01. The largest absolute Gasteiger partial charge is 1.00 e. The van der Waals surface area contributed by atoms with Crippen LogP contribution in [-0.4, -0.2) is 12.7 Å². The SMILES string of the molecule is F[B-](F)(F)CC1CSc2ccccc21.[K+]. The maximum absolute atomic E-state index is 12.3. The van der Waals surface area contributed by atoms with Crippen LogP contribution in [0.1, 0.15) is 11.5 Å². The molecule has 0 N–H and O–H groups in total. The minimum atomic E-state index is -4.66. The van der Waals surface area contributed by atoms with Crippen LogP contribution >= 0.6 is 11.8 Å². The van der Waals surface area contributed by atoms with E-state index < -0.39 is 13.3 Å². The van der Waals surface area contributed by atoms with Gasteiger partial charge in [-0.25, -0.2) is 0 Å². The van der Waals surface area contributed by atoms with Gasteiger partial charge in [0.2, 0.25) is 0 Å². The first kappa shape index (κ1) is 14.1. The summed E-state index contributed by atoms with van der Waals surface area (Å²) in [6, 6.07) is 7.37. The molecular weight excluding hydrogens is 247 g/mol. The third kappa shape index (κ3) is 3.78. The molecule has 1 aromatic rings. The summed E-state index contributed by atoms with van der Waals surface area (Å²) < 4.78 is 36.8. The molecule has 0 aliphatic carbocycles. The van der Waals surface area contributed by atoms with Crippen LogP contribution in [0.4, 0.5) is 12.9 Å². The van der Waals surface area contributed by atoms with Crippen LogP contribution in [0, 0.1) is 0 Å². The molecule has 0 amide bonds. The Morgan fingerprint density at radius 2 is 1.93 bits per heavy atom. The minimum absolute atomic E-state index is 0. The van der Waals surface area contributed by atoms with Gasteiger partial charge >= 0.3 is 58.4 Å². The maximum atomic E-state index is 12.3. The number of fused-ring (bicyclic) bond motifs is 1. The molecule has 76 valence electrons. The zero-order valence-corrected chi connectivity index (χ0v) is 12.4. The summed E-state index contributed by atoms with van der Waals surface area (Å²) in [7, 11) is 0. The average Bonchev–Trinajstić information content (AvgIpc) is 2.47. The Morgan fingerprint density at radius 3 is 2.60 bits per heavy atom. The van der Waals surface area contributed by atoms with Crippen molar-refractivity contribution in [1.29, 1.82) is 0 Å². The van der Waals surface area contributed by atoms with Crippen LogP contribution in [0.25, 0.3) is 0 Å². The third-order valence-corrected chi connectivity index (χ3v) is 3.60. The van der Waals surface area contributed by atoms with Crippen molar-refractivity contribution in [2.75, 3.05) is 5.75 Å². The van der Waals surface area contributed by atoms with Crippen molar-refractivity contribution in [3.63, 3.8) is 0 Å². The smallest absolute Gasteiger partial charge is 0.449 e. The molecule has 0 saturated carbocycles. The van der Waals surface area contributed by atoms with E-state index in [1.54, 1.807) is 6.07 Å². The fourth-order valence-corrected chi connectivity index (χ4v) is 3.02. The number of hydrogen-bond acceptors (Lipinski definition) is 1. The molecular formula is C9H9BF3KS. The molecule has 1 aliphatic rings. The number of halogens is 3. The van der Waals surface area contributed by atoms with Crippen molar-refractivity contribution < 1.29 is 64.3 Å². The average molecular weight is 256 g/mol. The van der Waals surface area contributed by atoms with Crippen LogP contribution in [0.2, 0.25) is 6.32 Å². The monoisotopic (exact) mass is 256 g/mol. The van der Waals surface area contributed by atoms with Gasteiger partial charge in [0.15, 0.2) is 0 Å². The van der Waals surface area contributed by atoms with Crippen LogP contribution in [0.15, 0.2) is 29.2 Å². The van der Waals surface area contributed by atoms with Crippen molar-refractivity contribution in [3.8, 4) is 0 Å². The topological polar surface area (TPSA) is 0 Å². The van der Waals surface area contributed by atoms with E-state index in [-0.39, 0.29) is 57.3 Å². The number of hydrogen-bond donors (Lipinski definition) is 0. The molecule has 0 aromatic heterocycles. The van der Waals surface area contributed by atoms with Gasteiger partial charge in [-0.15, -0.1) is 11.8 Å². The van der Waals surface area contributed by atoms with E-state index in [4.69, 9.17) is 0 Å². The molecule has 15 heavy (non-hydrogen) atoms. The Hall–Kier alpha value is 1.06. The van der Waals surface area contributed by atoms with Gasteiger partial charge in [-0.05, 0) is 17.5 Å². The molecule has 0 bridgehead atoms. The van der Waals surface area contributed by atoms with Crippen molar-refractivity contribution in [1.82, 2.24) is 0 Å². The molecule has 0 nitrogen and oxygen atoms in total. The van der Waals surface area contributed by atoms with Crippen molar-refractivity contribution in [3.05, 3.63) is 29.8 Å². The summed E-state index contributed by atoms with van der Waals surface area (Å²) in [5.41, 5.74) is 0.872. The van der Waals surface area contributed by atoms with Crippen LogP contribution in [0.5, 0.6) is 0 Å². The molecule has 0 spiro atoms. The molecule has 1 aromatic carbocycles. The molecule has 1 atom stereocenters. The summed E-state index contributed by atoms with van der Waals surface area (Å²) in [5, 5.41) is 0. The quantitative estimate of drug-likeness (QED) is 0.703. The summed E-state index contributed by atoms with van der Waals surface area (Å²) in [6.07, 6.45) is -0.635. The standard InChI is InChI=1S/C9H9BF3S.K/c11-10(12,13)5-7-6-14-9-4-2-1-3-8(7)9;/h1-4,7H,5-6H2;/q-1;+1. The van der Waals surface area contributed by atoms with E-state index in [1.807, 2.05) is 18.2 Å². The fraction of sp³-hybridized carbons (Fsp3) is 0.333. The first-order chi connectivity index (χ1) is 6.56. The second-order valence-electron chi connectivity index (χ2n) is 3.49. The molecule has 1 aliphatic heterocycles. The van der Waals surface area contributed by atoms with E-state index in [0.29, 0.717) is 5.75 Å². The summed E-state index contributed by atoms with van der Waals surface area (Å²) >= 11 is 1.53. The molecule has 1 heterocycles. The first-order valence-electron chi connectivity index (χ1n) is 4.49. The Labute approximate surface area is 134 Å². The Morgan fingerprint density at radius 1 is 1.27 bits per heavy atom. The van der Waals surface area contributed by atoms with E-state index in [1.165, 1.54) is 11.8 Å². The number of rotatable bonds is 2. The normalized spacial score (nSPS) is 19.5. The Kier molecular flexibility index (Phi) is 5.27. The van der Waals surface area contributed by atoms with Gasteiger partial charge < -0.3 is 12.9 Å². The molecule has 0 saturated heterocycles. The minimum Gasteiger partial charge on any atom is -0.449 e. The fourth-order valence-electron chi connectivity index (χ4n) is 1.75. The molecule has 0 fully saturated rings. The second kappa shape index (κ2) is 5.60. The van der Waals surface area contributed by atoms with Crippen molar-refractivity contribution >= 4 is 18.7 Å². The first-order valence-corrected chi connectivity index (χ1v) is 5.47. The zero-order chi connectivity index (χ0) is 10.2. The van der Waals surface area contributed by atoms with E-state index in [9.17, 15) is 12.9 Å². The van der Waals surface area contributed by atoms with E-state index in [0.717, 1.165) is 10.5 Å². The molecule has 0 radical (unpaired) electrons. The number of benzene rings is 1. The van der Waals surface area contributed by atoms with Crippen LogP contribution < -0.4 is 51.4 Å². The van der Waals surface area contributed by atoms with E-state index >= 15 is 0 Å². The Bertz CT molecular complexity index is 342. The zero-order valence-electron chi connectivity index (χ0n) is 8.42. The second-order valence-corrected chi connectivity index (χ2v) is 4.55. The van der Waals surface area contributed by atoms with E-state index in [2.05, 4.69) is 0 Å². The maximum Gasteiger partial charge on any atom is 1.00 e. The van der Waals surface area contributed by atoms with Crippen LogP contribution in [0.3, 0.4) is 0 Å². The van der Waals surface area contributed by atoms with Gasteiger partial charge in [0.25, 0.3) is 0 Å². The Balaban J connectivity index is 0.00000112. The van der Waals surface area contributed by atoms with Crippen molar-refractivity contribution in [2.24, 2.45) is 0 Å². The third-order valence-electron chi connectivity index (χ3n) is 2.35. The number of thioether (sulfide) groups is 1. The predicted octanol–water partition coefficient (Wildman–Crippen LogP) is 0.727. The van der Waals surface area contributed by atoms with Gasteiger partial charge in [-0.2, -0.15) is 0 Å². The van der Waals surface area contributed by atoms with Crippen molar-refractivity contribution in [2.45, 2.75) is 17.1 Å². The summed E-state index contributed by atoms with van der Waals surface area (Å²) in [5.74, 6) is 0.247. The molecule has 1 unspecified atom stereocenters. The predicted molar refractivity (Wildman–Crippen MR) is 53.8 cm³/mol. The summed E-state index contributed by atoms with van der Waals surface area (Å²) in [6.45, 7) is -4.66. The molecule has 6 heteroatoms. The van der Waals surface area contributed by atoms with Gasteiger partial charge in [-0.1, -0.05) is 24.5 Å². The van der Waals surface area contributed by atoms with Gasteiger partial charge in [0.1, 0.15) is 0 Å².